The molecule has 0 bridgehead atoms. The van der Waals surface area contributed by atoms with E-state index in [9.17, 15) is 19.2 Å². The van der Waals surface area contributed by atoms with E-state index in [1.54, 1.807) is 0 Å². The molecule has 6 nitrogen and oxygen atoms in total. The van der Waals surface area contributed by atoms with Crippen LogP contribution in [0.25, 0.3) is 0 Å². The van der Waals surface area contributed by atoms with Crippen molar-refractivity contribution >= 4 is 35.3 Å². The van der Waals surface area contributed by atoms with Crippen LogP contribution in [0.4, 0.5) is 0 Å². The fraction of sp³-hybridized carbons (Fsp3) is 0.600. The zero-order valence-corrected chi connectivity index (χ0v) is 13.1. The minimum absolute atomic E-state index is 0.0527. The molecule has 7 heteroatoms. The Morgan fingerprint density at radius 1 is 1.05 bits per heavy atom. The van der Waals surface area contributed by atoms with E-state index in [0.717, 1.165) is 24.6 Å². The van der Waals surface area contributed by atoms with E-state index in [0.29, 0.717) is 30.4 Å². The lowest BCUT2D eigenvalue weighted by molar-refractivity contribution is -0.138. The largest absolute Gasteiger partial charge is 0.481 e. The summed E-state index contributed by atoms with van der Waals surface area (Å²) >= 11 is 1.06. The number of ketones is 1. The minimum atomic E-state index is -0.942. The molecule has 0 saturated heterocycles. The highest BCUT2D eigenvalue weighted by Crippen LogP contribution is 2.32. The summed E-state index contributed by atoms with van der Waals surface area (Å²) in [7, 11) is 0. The molecule has 2 aliphatic rings. The molecule has 1 N–H and O–H groups in total. The fourth-order valence-corrected chi connectivity index (χ4v) is 3.41. The number of rotatable bonds is 8. The molecule has 22 heavy (non-hydrogen) atoms. The van der Waals surface area contributed by atoms with Crippen molar-refractivity contribution in [3.8, 4) is 0 Å². The first kappa shape index (κ1) is 16.7. The predicted molar refractivity (Wildman–Crippen MR) is 81.4 cm³/mol. The average Bonchev–Trinajstić information content (AvgIpc) is 2.72. The molecule has 0 aromatic heterocycles. The molecular formula is C15H19NO5S. The van der Waals surface area contributed by atoms with E-state index in [1.807, 2.05) is 0 Å². The van der Waals surface area contributed by atoms with E-state index >= 15 is 0 Å². The number of hydrogen-bond donors (Lipinski definition) is 1. The molecule has 0 fully saturated rings. The molecule has 1 aliphatic carbocycles. The van der Waals surface area contributed by atoms with Gasteiger partial charge in [-0.3, -0.25) is 24.1 Å². The Morgan fingerprint density at radius 2 is 1.64 bits per heavy atom. The summed E-state index contributed by atoms with van der Waals surface area (Å²) in [5.74, 6) is -1.31. The van der Waals surface area contributed by atoms with Gasteiger partial charge in [-0.05, 0) is 32.1 Å². The summed E-state index contributed by atoms with van der Waals surface area (Å²) in [6, 6.07) is 0. The number of carboxylic acid groups (broad SMARTS) is 1. The van der Waals surface area contributed by atoms with E-state index in [2.05, 4.69) is 0 Å². The van der Waals surface area contributed by atoms with Gasteiger partial charge in [0.2, 0.25) is 0 Å². The van der Waals surface area contributed by atoms with Gasteiger partial charge < -0.3 is 5.11 Å². The molecular weight excluding hydrogens is 306 g/mol. The van der Waals surface area contributed by atoms with Gasteiger partial charge in [-0.2, -0.15) is 0 Å². The van der Waals surface area contributed by atoms with Crippen LogP contribution in [0.5, 0.6) is 0 Å². The van der Waals surface area contributed by atoms with Crippen LogP contribution in [0, 0.1) is 0 Å². The topological polar surface area (TPSA) is 91.8 Å². The lowest BCUT2D eigenvalue weighted by Crippen LogP contribution is -2.33. The van der Waals surface area contributed by atoms with Crippen LogP contribution in [0.1, 0.15) is 38.5 Å². The van der Waals surface area contributed by atoms with Crippen molar-refractivity contribution in [2.45, 2.75) is 38.5 Å². The molecule has 1 aliphatic heterocycles. The number of aliphatic carboxylic acids is 1. The zero-order chi connectivity index (χ0) is 16.1. The summed E-state index contributed by atoms with van der Waals surface area (Å²) in [6.07, 6.45) is 3.96. The van der Waals surface area contributed by atoms with Gasteiger partial charge in [-0.15, -0.1) is 11.8 Å². The Bertz CT molecular complexity index is 512. The summed E-state index contributed by atoms with van der Waals surface area (Å²) in [4.78, 5) is 47.5. The normalized spacial score (nSPS) is 17.9. The second-order valence-electron chi connectivity index (χ2n) is 5.45. The van der Waals surface area contributed by atoms with Crippen molar-refractivity contribution in [1.29, 1.82) is 0 Å². The summed E-state index contributed by atoms with van der Waals surface area (Å²) < 4.78 is 0. The van der Waals surface area contributed by atoms with Gasteiger partial charge in [0.25, 0.3) is 11.8 Å². The van der Waals surface area contributed by atoms with E-state index in [4.69, 9.17) is 5.11 Å². The number of hydrogen-bond acceptors (Lipinski definition) is 5. The third-order valence-electron chi connectivity index (χ3n) is 3.80. The van der Waals surface area contributed by atoms with Gasteiger partial charge in [-0.25, -0.2) is 0 Å². The van der Waals surface area contributed by atoms with Crippen molar-refractivity contribution < 1.29 is 24.3 Å². The summed E-state index contributed by atoms with van der Waals surface area (Å²) in [5, 5.41) is 8.49. The van der Waals surface area contributed by atoms with Crippen LogP contribution in [0.2, 0.25) is 0 Å². The van der Waals surface area contributed by atoms with E-state index in [-0.39, 0.29) is 42.1 Å². The molecule has 2 rings (SSSR count). The first-order chi connectivity index (χ1) is 10.5. The quantitative estimate of drug-likeness (QED) is 0.678. The van der Waals surface area contributed by atoms with Crippen molar-refractivity contribution in [3.63, 3.8) is 0 Å². The van der Waals surface area contributed by atoms with Crippen molar-refractivity contribution in [2.75, 3.05) is 18.1 Å². The van der Waals surface area contributed by atoms with Gasteiger partial charge in [0.1, 0.15) is 5.78 Å². The molecule has 0 aromatic carbocycles. The highest BCUT2D eigenvalue weighted by atomic mass is 32.2. The highest BCUT2D eigenvalue weighted by Gasteiger charge is 2.38. The molecule has 0 spiro atoms. The molecule has 0 aromatic rings. The molecule has 0 saturated carbocycles. The van der Waals surface area contributed by atoms with Gasteiger partial charge in [0.05, 0.1) is 11.5 Å². The Labute approximate surface area is 132 Å². The second kappa shape index (κ2) is 7.58. The number of amides is 2. The third kappa shape index (κ3) is 3.97. The SMILES string of the molecule is O=C(O)CSCC(=O)CCCN1C(=O)C2=C(CCCC2)C1=O. The van der Waals surface area contributed by atoms with Gasteiger partial charge in [0, 0.05) is 24.1 Å². The minimum Gasteiger partial charge on any atom is -0.481 e. The number of carbonyl (C=O) groups is 4. The Hall–Kier alpha value is -1.63. The first-order valence-corrected chi connectivity index (χ1v) is 8.55. The molecule has 2 amide bonds. The highest BCUT2D eigenvalue weighted by molar-refractivity contribution is 8.00. The van der Waals surface area contributed by atoms with Crippen LogP contribution >= 0.6 is 11.8 Å². The Morgan fingerprint density at radius 3 is 2.18 bits per heavy atom. The van der Waals surface area contributed by atoms with E-state index < -0.39 is 5.97 Å². The monoisotopic (exact) mass is 325 g/mol. The fourth-order valence-electron chi connectivity index (χ4n) is 2.76. The maximum atomic E-state index is 12.2. The van der Waals surface area contributed by atoms with Gasteiger partial charge >= 0.3 is 5.97 Å². The lowest BCUT2D eigenvalue weighted by atomic mass is 9.93. The standard InChI is InChI=1S/C15H19NO5S/c17-10(8-22-9-13(18)19)4-3-7-16-14(20)11-5-1-2-6-12(11)15(16)21/h1-9H2,(H,18,19). The zero-order valence-electron chi connectivity index (χ0n) is 12.3. The molecule has 1 heterocycles. The van der Waals surface area contributed by atoms with Crippen LogP contribution in [-0.4, -0.2) is 51.6 Å². The van der Waals surface area contributed by atoms with Crippen molar-refractivity contribution in [1.82, 2.24) is 4.90 Å². The molecule has 120 valence electrons. The predicted octanol–water partition coefficient (Wildman–Crippen LogP) is 1.39. The molecule has 0 radical (unpaired) electrons. The number of carboxylic acids is 1. The maximum absolute atomic E-state index is 12.2. The number of nitrogens with zero attached hydrogens (tertiary/aromatic N) is 1. The number of carbonyl (C=O) groups excluding carboxylic acids is 3. The van der Waals surface area contributed by atoms with Gasteiger partial charge in [-0.1, -0.05) is 0 Å². The van der Waals surface area contributed by atoms with Crippen molar-refractivity contribution in [3.05, 3.63) is 11.1 Å². The molecule has 0 unspecified atom stereocenters. The van der Waals surface area contributed by atoms with Crippen LogP contribution in [0.3, 0.4) is 0 Å². The number of thioether (sulfide) groups is 1. The maximum Gasteiger partial charge on any atom is 0.313 e. The Kier molecular flexibility index (Phi) is 5.76. The number of imide groups is 1. The summed E-state index contributed by atoms with van der Waals surface area (Å²) in [6.45, 7) is 0.264. The average molecular weight is 325 g/mol. The second-order valence-corrected chi connectivity index (χ2v) is 6.44. The summed E-state index contributed by atoms with van der Waals surface area (Å²) in [5.41, 5.74) is 1.33. The Balaban J connectivity index is 1.74. The van der Waals surface area contributed by atoms with Crippen molar-refractivity contribution in [2.24, 2.45) is 0 Å². The smallest absolute Gasteiger partial charge is 0.313 e. The van der Waals surface area contributed by atoms with E-state index in [1.165, 1.54) is 4.90 Å². The first-order valence-electron chi connectivity index (χ1n) is 7.40. The molecule has 0 atom stereocenters. The van der Waals surface area contributed by atoms with Crippen LogP contribution in [-0.2, 0) is 19.2 Å². The third-order valence-corrected chi connectivity index (χ3v) is 4.78. The number of Topliss-reactive ketones (excluding diaryl/α,β-unsaturated/α-hetero) is 1. The van der Waals surface area contributed by atoms with Crippen LogP contribution in [0.15, 0.2) is 11.1 Å². The van der Waals surface area contributed by atoms with Crippen LogP contribution < -0.4 is 0 Å². The van der Waals surface area contributed by atoms with Gasteiger partial charge in [0.15, 0.2) is 0 Å². The lowest BCUT2D eigenvalue weighted by Gasteiger charge is -2.14.